The summed E-state index contributed by atoms with van der Waals surface area (Å²) in [6.07, 6.45) is 2.90. The van der Waals surface area contributed by atoms with E-state index in [4.69, 9.17) is 4.74 Å². The molecule has 1 aromatic carbocycles. The first-order valence-electron chi connectivity index (χ1n) is 7.96. The molecule has 3 rings (SSSR count). The zero-order chi connectivity index (χ0) is 15.9. The summed E-state index contributed by atoms with van der Waals surface area (Å²) in [6, 6.07) is 15.0. The summed E-state index contributed by atoms with van der Waals surface area (Å²) in [6.45, 7) is 1.45. The maximum Gasteiger partial charge on any atom is 0.128 e. The van der Waals surface area contributed by atoms with Crippen LogP contribution >= 0.6 is 11.8 Å². The average Bonchev–Trinajstić information content (AvgIpc) is 3.10. The Morgan fingerprint density at radius 3 is 2.83 bits per heavy atom. The Morgan fingerprint density at radius 1 is 1.26 bits per heavy atom. The molecule has 1 aliphatic rings. The van der Waals surface area contributed by atoms with Crippen molar-refractivity contribution in [1.82, 2.24) is 10.3 Å². The summed E-state index contributed by atoms with van der Waals surface area (Å²) in [5.41, 5.74) is 1.36. The number of thioether (sulfide) groups is 1. The zero-order valence-electron chi connectivity index (χ0n) is 13.4. The molecule has 1 unspecified atom stereocenters. The topological polar surface area (TPSA) is 37.4 Å². The fraction of sp³-hybridized carbons (Fsp3) is 0.389. The van der Waals surface area contributed by atoms with Gasteiger partial charge in [0, 0.05) is 30.9 Å². The normalized spacial score (nSPS) is 17.2. The minimum Gasteiger partial charge on any atom is -0.492 e. The van der Waals surface area contributed by atoms with E-state index in [9.17, 15) is 0 Å². The van der Waals surface area contributed by atoms with Crippen LogP contribution in [0.15, 0.2) is 48.7 Å². The minimum atomic E-state index is 0.610. The molecule has 1 fully saturated rings. The van der Waals surface area contributed by atoms with E-state index >= 15 is 0 Å². The van der Waals surface area contributed by atoms with Crippen LogP contribution in [0.2, 0.25) is 0 Å². The Labute approximate surface area is 142 Å². The first-order valence-corrected chi connectivity index (χ1v) is 9.12. The monoisotopic (exact) mass is 329 g/mol. The number of pyridine rings is 1. The number of aromatic nitrogens is 1. The van der Waals surface area contributed by atoms with Gasteiger partial charge in [0.1, 0.15) is 18.2 Å². The molecule has 122 valence electrons. The van der Waals surface area contributed by atoms with Crippen molar-refractivity contribution in [3.05, 3.63) is 54.2 Å². The molecule has 5 heteroatoms. The Bertz CT molecular complexity index is 585. The summed E-state index contributed by atoms with van der Waals surface area (Å²) in [5.74, 6) is 4.18. The summed E-state index contributed by atoms with van der Waals surface area (Å²) in [5, 5.41) is 3.50. The fourth-order valence-corrected chi connectivity index (χ4v) is 3.56. The third kappa shape index (κ3) is 4.88. The lowest BCUT2D eigenvalue weighted by molar-refractivity contribution is 0.325. The second-order valence-electron chi connectivity index (χ2n) is 5.72. The van der Waals surface area contributed by atoms with Crippen molar-refractivity contribution >= 4 is 17.6 Å². The highest BCUT2D eigenvalue weighted by molar-refractivity contribution is 7.99. The predicted octanol–water partition coefficient (Wildman–Crippen LogP) is 2.80. The molecule has 1 saturated heterocycles. The zero-order valence-corrected chi connectivity index (χ0v) is 14.3. The van der Waals surface area contributed by atoms with Crippen molar-refractivity contribution in [3.63, 3.8) is 0 Å². The standard InChI is InChI=1S/C18H23N3OS/c1-21(18-4-2-3-9-19-18)10-11-22-17-7-5-15(6-8-17)12-16-13-23-14-20-16/h2-9,16,20H,10-14H2,1H3. The SMILES string of the molecule is CN(CCOc1ccc(CC2CSCN2)cc1)c1ccccn1. The predicted molar refractivity (Wildman–Crippen MR) is 97.4 cm³/mol. The van der Waals surface area contributed by atoms with Gasteiger partial charge in [0.2, 0.25) is 0 Å². The highest BCUT2D eigenvalue weighted by atomic mass is 32.2. The molecule has 0 spiro atoms. The van der Waals surface area contributed by atoms with Crippen LogP contribution in [0.4, 0.5) is 5.82 Å². The van der Waals surface area contributed by atoms with Crippen LogP contribution in [-0.2, 0) is 6.42 Å². The Kier molecular flexibility index (Phi) is 5.77. The van der Waals surface area contributed by atoms with E-state index in [1.165, 1.54) is 11.3 Å². The first kappa shape index (κ1) is 16.1. The van der Waals surface area contributed by atoms with E-state index in [1.807, 2.05) is 43.2 Å². The molecular weight excluding hydrogens is 306 g/mol. The maximum atomic E-state index is 5.83. The van der Waals surface area contributed by atoms with E-state index in [2.05, 4.69) is 39.5 Å². The van der Waals surface area contributed by atoms with E-state index in [-0.39, 0.29) is 0 Å². The highest BCUT2D eigenvalue weighted by Gasteiger charge is 2.14. The van der Waals surface area contributed by atoms with Gasteiger partial charge in [-0.25, -0.2) is 4.98 Å². The largest absolute Gasteiger partial charge is 0.492 e. The molecule has 0 saturated carbocycles. The van der Waals surface area contributed by atoms with Crippen LogP contribution in [0, 0.1) is 0 Å². The van der Waals surface area contributed by atoms with E-state index in [1.54, 1.807) is 0 Å². The molecule has 0 amide bonds. The third-order valence-electron chi connectivity index (χ3n) is 3.93. The summed E-state index contributed by atoms with van der Waals surface area (Å²) in [7, 11) is 2.03. The van der Waals surface area contributed by atoms with Gasteiger partial charge < -0.3 is 15.0 Å². The molecule has 23 heavy (non-hydrogen) atoms. The van der Waals surface area contributed by atoms with Gasteiger partial charge in [0.15, 0.2) is 0 Å². The second-order valence-corrected chi connectivity index (χ2v) is 6.75. The van der Waals surface area contributed by atoms with Crippen LogP contribution in [-0.4, -0.2) is 42.9 Å². The van der Waals surface area contributed by atoms with Gasteiger partial charge in [-0.1, -0.05) is 18.2 Å². The Balaban J connectivity index is 1.43. The molecular formula is C18H23N3OS. The van der Waals surface area contributed by atoms with Crippen LogP contribution < -0.4 is 15.0 Å². The third-order valence-corrected chi connectivity index (χ3v) is 4.94. The molecule has 0 radical (unpaired) electrons. The number of hydrogen-bond acceptors (Lipinski definition) is 5. The molecule has 1 atom stereocenters. The molecule has 0 aliphatic carbocycles. The van der Waals surface area contributed by atoms with Crippen molar-refractivity contribution in [2.24, 2.45) is 0 Å². The smallest absolute Gasteiger partial charge is 0.128 e. The molecule has 1 aliphatic heterocycles. The second kappa shape index (κ2) is 8.22. The minimum absolute atomic E-state index is 0.610. The van der Waals surface area contributed by atoms with Gasteiger partial charge in [0.05, 0.1) is 6.54 Å². The Morgan fingerprint density at radius 2 is 2.13 bits per heavy atom. The average molecular weight is 329 g/mol. The number of rotatable bonds is 7. The first-order chi connectivity index (χ1) is 11.3. The van der Waals surface area contributed by atoms with Gasteiger partial charge in [-0.05, 0) is 36.2 Å². The summed E-state index contributed by atoms with van der Waals surface area (Å²) in [4.78, 5) is 6.42. The van der Waals surface area contributed by atoms with Crippen molar-refractivity contribution in [1.29, 1.82) is 0 Å². The summed E-state index contributed by atoms with van der Waals surface area (Å²) < 4.78 is 5.83. The lowest BCUT2D eigenvalue weighted by Crippen LogP contribution is -2.25. The number of benzene rings is 1. The maximum absolute atomic E-state index is 5.83. The number of hydrogen-bond donors (Lipinski definition) is 1. The van der Waals surface area contributed by atoms with Crippen molar-refractivity contribution in [3.8, 4) is 5.75 Å². The van der Waals surface area contributed by atoms with Crippen LogP contribution in [0.1, 0.15) is 5.56 Å². The molecule has 4 nitrogen and oxygen atoms in total. The number of nitrogens with one attached hydrogen (secondary N) is 1. The molecule has 2 heterocycles. The van der Waals surface area contributed by atoms with E-state index in [0.717, 1.165) is 30.4 Å². The highest BCUT2D eigenvalue weighted by Crippen LogP contribution is 2.17. The van der Waals surface area contributed by atoms with E-state index in [0.29, 0.717) is 12.6 Å². The van der Waals surface area contributed by atoms with Crippen molar-refractivity contribution in [2.75, 3.05) is 36.7 Å². The number of ether oxygens (including phenoxy) is 1. The van der Waals surface area contributed by atoms with Gasteiger partial charge in [0.25, 0.3) is 0 Å². The van der Waals surface area contributed by atoms with Gasteiger partial charge in [-0.2, -0.15) is 0 Å². The number of nitrogens with zero attached hydrogens (tertiary/aromatic N) is 2. The van der Waals surface area contributed by atoms with Crippen molar-refractivity contribution in [2.45, 2.75) is 12.5 Å². The molecule has 2 aromatic rings. The quantitative estimate of drug-likeness (QED) is 0.845. The summed E-state index contributed by atoms with van der Waals surface area (Å²) >= 11 is 1.97. The lowest BCUT2D eigenvalue weighted by Gasteiger charge is -2.18. The molecule has 1 N–H and O–H groups in total. The van der Waals surface area contributed by atoms with Crippen LogP contribution in [0.5, 0.6) is 5.75 Å². The lowest BCUT2D eigenvalue weighted by atomic mass is 10.1. The van der Waals surface area contributed by atoms with Gasteiger partial charge in [-0.3, -0.25) is 0 Å². The molecule has 0 bridgehead atoms. The number of likely N-dealkylation sites (N-methyl/N-ethyl adjacent to an activating group) is 1. The number of anilines is 1. The molecule has 1 aromatic heterocycles. The fourth-order valence-electron chi connectivity index (χ4n) is 2.57. The van der Waals surface area contributed by atoms with Crippen LogP contribution in [0.25, 0.3) is 0 Å². The Hall–Kier alpha value is -1.72. The van der Waals surface area contributed by atoms with Crippen molar-refractivity contribution < 1.29 is 4.74 Å². The van der Waals surface area contributed by atoms with Crippen LogP contribution in [0.3, 0.4) is 0 Å². The van der Waals surface area contributed by atoms with Gasteiger partial charge >= 0.3 is 0 Å². The van der Waals surface area contributed by atoms with Gasteiger partial charge in [-0.15, -0.1) is 11.8 Å². The van der Waals surface area contributed by atoms with E-state index < -0.39 is 0 Å².